The number of carbonyl (C=O) groups is 1. The summed E-state index contributed by atoms with van der Waals surface area (Å²) in [4.78, 5) is 15.6. The van der Waals surface area contributed by atoms with Gasteiger partial charge in [-0.1, -0.05) is 15.9 Å². The third kappa shape index (κ3) is 2.50. The minimum absolute atomic E-state index is 0.109. The standard InChI is InChI=1S/C11H11BrN2O4S/c1-14-10(6-11(15)18-2)13-8-4-3-7(12)5-9(8)19(14,16)17/h3-5H,6H2,1-2H3. The van der Waals surface area contributed by atoms with Crippen molar-refractivity contribution in [3.63, 3.8) is 0 Å². The number of sulfonamides is 1. The highest BCUT2D eigenvalue weighted by Gasteiger charge is 2.32. The molecule has 0 spiro atoms. The van der Waals surface area contributed by atoms with Crippen molar-refractivity contribution in [2.24, 2.45) is 4.99 Å². The highest BCUT2D eigenvalue weighted by Crippen LogP contribution is 2.34. The van der Waals surface area contributed by atoms with Gasteiger partial charge in [-0.05, 0) is 18.2 Å². The number of esters is 1. The van der Waals surface area contributed by atoms with Gasteiger partial charge in [-0.2, -0.15) is 0 Å². The topological polar surface area (TPSA) is 76.0 Å². The number of fused-ring (bicyclic) bond motifs is 1. The first-order valence-corrected chi connectivity index (χ1v) is 7.52. The number of amidine groups is 1. The number of rotatable bonds is 2. The van der Waals surface area contributed by atoms with Crippen LogP contribution in [0, 0.1) is 0 Å². The van der Waals surface area contributed by atoms with Crippen LogP contribution in [0.3, 0.4) is 0 Å². The molecule has 0 aromatic heterocycles. The molecule has 0 radical (unpaired) electrons. The van der Waals surface area contributed by atoms with Crippen LogP contribution in [0.15, 0.2) is 32.6 Å². The van der Waals surface area contributed by atoms with Crippen LogP contribution in [-0.4, -0.2) is 38.7 Å². The molecular weight excluding hydrogens is 336 g/mol. The average Bonchev–Trinajstić information content (AvgIpc) is 2.37. The smallest absolute Gasteiger partial charge is 0.313 e. The van der Waals surface area contributed by atoms with Crippen molar-refractivity contribution in [2.45, 2.75) is 11.3 Å². The lowest BCUT2D eigenvalue weighted by atomic mass is 10.3. The first-order chi connectivity index (χ1) is 8.86. The third-order valence-electron chi connectivity index (χ3n) is 2.70. The van der Waals surface area contributed by atoms with Crippen molar-refractivity contribution in [1.29, 1.82) is 0 Å². The molecule has 0 fully saturated rings. The van der Waals surface area contributed by atoms with E-state index in [4.69, 9.17) is 0 Å². The summed E-state index contributed by atoms with van der Waals surface area (Å²) in [5, 5.41) is 0. The van der Waals surface area contributed by atoms with Crippen molar-refractivity contribution in [3.05, 3.63) is 22.7 Å². The number of nitrogens with zero attached hydrogens (tertiary/aromatic N) is 2. The number of halogens is 1. The normalized spacial score (nSPS) is 16.6. The molecule has 0 unspecified atom stereocenters. The van der Waals surface area contributed by atoms with Crippen molar-refractivity contribution in [2.75, 3.05) is 14.2 Å². The molecule has 1 aliphatic heterocycles. The van der Waals surface area contributed by atoms with Gasteiger partial charge in [0.1, 0.15) is 17.2 Å². The molecule has 0 bridgehead atoms. The number of hydrogen-bond acceptors (Lipinski definition) is 5. The summed E-state index contributed by atoms with van der Waals surface area (Å²) in [7, 11) is -1.08. The van der Waals surface area contributed by atoms with E-state index in [0.717, 1.165) is 4.31 Å². The van der Waals surface area contributed by atoms with Crippen LogP contribution in [0.4, 0.5) is 5.69 Å². The zero-order chi connectivity index (χ0) is 14.2. The van der Waals surface area contributed by atoms with Crippen LogP contribution < -0.4 is 0 Å². The molecule has 19 heavy (non-hydrogen) atoms. The Kier molecular flexibility index (Phi) is 3.64. The van der Waals surface area contributed by atoms with Crippen LogP contribution >= 0.6 is 15.9 Å². The van der Waals surface area contributed by atoms with Gasteiger partial charge in [-0.3, -0.25) is 9.10 Å². The number of ether oxygens (including phenoxy) is 1. The van der Waals surface area contributed by atoms with Crippen LogP contribution in [0.1, 0.15) is 6.42 Å². The number of methoxy groups -OCH3 is 1. The molecule has 1 aromatic rings. The summed E-state index contributed by atoms with van der Waals surface area (Å²) in [5.74, 6) is -0.400. The van der Waals surface area contributed by atoms with Gasteiger partial charge in [0, 0.05) is 11.5 Å². The Labute approximate surface area is 119 Å². The summed E-state index contributed by atoms with van der Waals surface area (Å²) in [5.41, 5.74) is 0.320. The fraction of sp³-hybridized carbons (Fsp3) is 0.273. The molecule has 0 saturated carbocycles. The first-order valence-electron chi connectivity index (χ1n) is 5.29. The monoisotopic (exact) mass is 346 g/mol. The van der Waals surface area contributed by atoms with Gasteiger partial charge in [0.15, 0.2) is 0 Å². The quantitative estimate of drug-likeness (QED) is 0.763. The Morgan fingerprint density at radius 3 is 2.79 bits per heavy atom. The SMILES string of the molecule is COC(=O)CC1=Nc2ccc(Br)cc2S(=O)(=O)N1C. The van der Waals surface area contributed by atoms with Gasteiger partial charge < -0.3 is 4.74 Å². The number of benzene rings is 1. The molecule has 8 heteroatoms. The van der Waals surface area contributed by atoms with Gasteiger partial charge in [0.25, 0.3) is 10.0 Å². The molecule has 0 saturated heterocycles. The van der Waals surface area contributed by atoms with E-state index in [9.17, 15) is 13.2 Å². The lowest BCUT2D eigenvalue weighted by Gasteiger charge is -2.25. The second kappa shape index (κ2) is 4.93. The van der Waals surface area contributed by atoms with Crippen molar-refractivity contribution >= 4 is 43.4 Å². The van der Waals surface area contributed by atoms with Gasteiger partial charge >= 0.3 is 5.97 Å². The summed E-state index contributed by atoms with van der Waals surface area (Å²) >= 11 is 3.22. The van der Waals surface area contributed by atoms with Crippen LogP contribution in [-0.2, 0) is 19.6 Å². The van der Waals surface area contributed by atoms with Crippen LogP contribution in [0.2, 0.25) is 0 Å². The fourth-order valence-corrected chi connectivity index (χ4v) is 3.48. The van der Waals surface area contributed by atoms with Crippen LogP contribution in [0.5, 0.6) is 0 Å². The van der Waals surface area contributed by atoms with E-state index in [1.54, 1.807) is 12.1 Å². The maximum atomic E-state index is 12.3. The lowest BCUT2D eigenvalue weighted by molar-refractivity contribution is -0.139. The second-order valence-electron chi connectivity index (χ2n) is 3.87. The predicted octanol–water partition coefficient (Wildman–Crippen LogP) is 1.68. The number of hydrogen-bond donors (Lipinski definition) is 0. The molecule has 2 rings (SSSR count). The van der Waals surface area contributed by atoms with Crippen molar-refractivity contribution < 1.29 is 17.9 Å². The summed E-state index contributed by atoms with van der Waals surface area (Å²) in [6.45, 7) is 0. The van der Waals surface area contributed by atoms with Crippen LogP contribution in [0.25, 0.3) is 0 Å². The number of aliphatic imine (C=N–C) groups is 1. The van der Waals surface area contributed by atoms with E-state index in [1.165, 1.54) is 20.2 Å². The zero-order valence-electron chi connectivity index (χ0n) is 10.3. The van der Waals surface area contributed by atoms with Gasteiger partial charge in [-0.25, -0.2) is 13.4 Å². The molecule has 1 aromatic carbocycles. The highest BCUT2D eigenvalue weighted by atomic mass is 79.9. The molecule has 0 N–H and O–H groups in total. The lowest BCUT2D eigenvalue weighted by Crippen LogP contribution is -2.37. The van der Waals surface area contributed by atoms with E-state index in [2.05, 4.69) is 25.7 Å². The van der Waals surface area contributed by atoms with E-state index in [1.807, 2.05) is 0 Å². The zero-order valence-corrected chi connectivity index (χ0v) is 12.7. The second-order valence-corrected chi connectivity index (χ2v) is 6.72. The summed E-state index contributed by atoms with van der Waals surface area (Å²) < 4.78 is 30.8. The Balaban J connectivity index is 2.55. The maximum Gasteiger partial charge on any atom is 0.313 e. The van der Waals surface area contributed by atoms with Crippen molar-refractivity contribution in [3.8, 4) is 0 Å². The van der Waals surface area contributed by atoms with Gasteiger partial charge in [0.05, 0.1) is 12.8 Å². The molecule has 0 atom stereocenters. The number of carbonyl (C=O) groups excluding carboxylic acids is 1. The molecule has 0 amide bonds. The Hall–Kier alpha value is -1.41. The minimum Gasteiger partial charge on any atom is -0.469 e. The highest BCUT2D eigenvalue weighted by molar-refractivity contribution is 9.10. The fourth-order valence-electron chi connectivity index (χ4n) is 1.63. The maximum absolute atomic E-state index is 12.3. The largest absolute Gasteiger partial charge is 0.469 e. The molecular formula is C11H11BrN2O4S. The Morgan fingerprint density at radius 2 is 2.16 bits per heavy atom. The average molecular weight is 347 g/mol. The van der Waals surface area contributed by atoms with E-state index in [0.29, 0.717) is 10.2 Å². The van der Waals surface area contributed by atoms with E-state index in [-0.39, 0.29) is 17.2 Å². The third-order valence-corrected chi connectivity index (χ3v) is 5.01. The molecule has 6 nitrogen and oxygen atoms in total. The Bertz CT molecular complexity index is 669. The molecule has 1 heterocycles. The Morgan fingerprint density at radius 1 is 1.47 bits per heavy atom. The van der Waals surface area contributed by atoms with Crippen molar-refractivity contribution in [1.82, 2.24) is 4.31 Å². The molecule has 102 valence electrons. The van der Waals surface area contributed by atoms with E-state index < -0.39 is 16.0 Å². The predicted molar refractivity (Wildman–Crippen MR) is 72.8 cm³/mol. The summed E-state index contributed by atoms with van der Waals surface area (Å²) in [6.07, 6.45) is -0.193. The first kappa shape index (κ1) is 14.0. The summed E-state index contributed by atoms with van der Waals surface area (Å²) in [6, 6.07) is 4.76. The molecule has 0 aliphatic carbocycles. The van der Waals surface area contributed by atoms with Gasteiger partial charge in [0.2, 0.25) is 0 Å². The van der Waals surface area contributed by atoms with E-state index >= 15 is 0 Å². The molecule has 1 aliphatic rings. The minimum atomic E-state index is -3.68. The van der Waals surface area contributed by atoms with Gasteiger partial charge in [-0.15, -0.1) is 0 Å².